The zero-order chi connectivity index (χ0) is 17.6. The van der Waals surface area contributed by atoms with Crippen LogP contribution >= 0.6 is 0 Å². The lowest BCUT2D eigenvalue weighted by Crippen LogP contribution is -2.54. The fourth-order valence-electron chi connectivity index (χ4n) is 3.27. The summed E-state index contributed by atoms with van der Waals surface area (Å²) in [6.45, 7) is 8.36. The van der Waals surface area contributed by atoms with Gasteiger partial charge in [-0.05, 0) is 37.1 Å². The summed E-state index contributed by atoms with van der Waals surface area (Å²) in [5, 5.41) is 3.01. The predicted molar refractivity (Wildman–Crippen MR) is 101 cm³/mol. The van der Waals surface area contributed by atoms with Gasteiger partial charge in [-0.25, -0.2) is 0 Å². The van der Waals surface area contributed by atoms with Crippen LogP contribution in [0.1, 0.15) is 18.1 Å². The molecule has 132 valence electrons. The monoisotopic (exact) mass is 338 g/mol. The summed E-state index contributed by atoms with van der Waals surface area (Å²) in [6, 6.07) is 12.2. The molecule has 0 spiro atoms. The second-order valence-electron chi connectivity index (χ2n) is 6.56. The van der Waals surface area contributed by atoms with E-state index in [0.29, 0.717) is 6.54 Å². The first-order valence-corrected chi connectivity index (χ1v) is 8.86. The average Bonchev–Trinajstić information content (AvgIpc) is 2.67. The minimum Gasteiger partial charge on any atom is -0.369 e. The standard InChI is InChI=1S/C20H26N4O/c1-16-6-3-4-8-19(16)24-12-10-23(11-13-24)17(2)20(25)22-15-18-7-5-9-21-14-18/h3-9,14,17H,10-13,15H2,1-2H3,(H,22,25). The third-order valence-electron chi connectivity index (χ3n) is 4.89. The van der Waals surface area contributed by atoms with Crippen molar-refractivity contribution in [3.8, 4) is 0 Å². The highest BCUT2D eigenvalue weighted by atomic mass is 16.2. The van der Waals surface area contributed by atoms with Crippen LogP contribution < -0.4 is 10.2 Å². The largest absolute Gasteiger partial charge is 0.369 e. The molecule has 3 rings (SSSR count). The Morgan fingerprint density at radius 3 is 2.60 bits per heavy atom. The predicted octanol–water partition coefficient (Wildman–Crippen LogP) is 2.22. The van der Waals surface area contributed by atoms with Crippen molar-refractivity contribution >= 4 is 11.6 Å². The second kappa shape index (κ2) is 8.12. The van der Waals surface area contributed by atoms with Gasteiger partial charge in [-0.1, -0.05) is 24.3 Å². The van der Waals surface area contributed by atoms with Gasteiger partial charge in [-0.2, -0.15) is 0 Å². The number of para-hydroxylation sites is 1. The number of amides is 1. The molecular weight excluding hydrogens is 312 g/mol. The zero-order valence-corrected chi connectivity index (χ0v) is 15.0. The summed E-state index contributed by atoms with van der Waals surface area (Å²) in [5.41, 5.74) is 3.63. The summed E-state index contributed by atoms with van der Waals surface area (Å²) in [5.74, 6) is 0.0770. The quantitative estimate of drug-likeness (QED) is 0.908. The van der Waals surface area contributed by atoms with Gasteiger partial charge in [0.05, 0.1) is 6.04 Å². The number of pyridine rings is 1. The lowest BCUT2D eigenvalue weighted by molar-refractivity contribution is -0.126. The van der Waals surface area contributed by atoms with Gasteiger partial charge in [0.1, 0.15) is 0 Å². The van der Waals surface area contributed by atoms with E-state index in [1.165, 1.54) is 11.3 Å². The molecule has 1 aliphatic heterocycles. The van der Waals surface area contributed by atoms with Crippen LogP contribution in [0.4, 0.5) is 5.69 Å². The fraction of sp³-hybridized carbons (Fsp3) is 0.400. The Kier molecular flexibility index (Phi) is 5.66. The number of benzene rings is 1. The number of nitrogens with zero attached hydrogens (tertiary/aromatic N) is 3. The van der Waals surface area contributed by atoms with Gasteiger partial charge in [0.15, 0.2) is 0 Å². The second-order valence-corrected chi connectivity index (χ2v) is 6.56. The smallest absolute Gasteiger partial charge is 0.237 e. The maximum Gasteiger partial charge on any atom is 0.237 e. The molecule has 1 N–H and O–H groups in total. The fourth-order valence-corrected chi connectivity index (χ4v) is 3.27. The van der Waals surface area contributed by atoms with Crippen LogP contribution in [0, 0.1) is 6.92 Å². The number of rotatable bonds is 5. The number of hydrogen-bond acceptors (Lipinski definition) is 4. The Morgan fingerprint density at radius 2 is 1.92 bits per heavy atom. The third-order valence-corrected chi connectivity index (χ3v) is 4.89. The Labute approximate surface area is 149 Å². The van der Waals surface area contributed by atoms with E-state index in [2.05, 4.69) is 51.3 Å². The van der Waals surface area contributed by atoms with Crippen molar-refractivity contribution in [3.05, 3.63) is 59.9 Å². The van der Waals surface area contributed by atoms with Gasteiger partial charge in [0, 0.05) is 50.8 Å². The zero-order valence-electron chi connectivity index (χ0n) is 15.0. The first kappa shape index (κ1) is 17.4. The molecule has 2 aromatic rings. The van der Waals surface area contributed by atoms with E-state index in [9.17, 15) is 4.79 Å². The van der Waals surface area contributed by atoms with Crippen molar-refractivity contribution in [3.63, 3.8) is 0 Å². The van der Waals surface area contributed by atoms with Crippen molar-refractivity contribution < 1.29 is 4.79 Å². The number of hydrogen-bond donors (Lipinski definition) is 1. The van der Waals surface area contributed by atoms with E-state index < -0.39 is 0 Å². The first-order chi connectivity index (χ1) is 12.1. The highest BCUT2D eigenvalue weighted by molar-refractivity contribution is 5.81. The Hall–Kier alpha value is -2.40. The van der Waals surface area contributed by atoms with Gasteiger partial charge >= 0.3 is 0 Å². The Morgan fingerprint density at radius 1 is 1.16 bits per heavy atom. The van der Waals surface area contributed by atoms with E-state index in [4.69, 9.17) is 0 Å². The van der Waals surface area contributed by atoms with E-state index in [1.54, 1.807) is 12.4 Å². The average molecular weight is 338 g/mol. The molecule has 0 saturated carbocycles. The van der Waals surface area contributed by atoms with Crippen LogP contribution in [-0.2, 0) is 11.3 Å². The van der Waals surface area contributed by atoms with E-state index in [0.717, 1.165) is 31.7 Å². The molecule has 5 nitrogen and oxygen atoms in total. The maximum absolute atomic E-state index is 12.4. The van der Waals surface area contributed by atoms with E-state index in [-0.39, 0.29) is 11.9 Å². The van der Waals surface area contributed by atoms with Crippen molar-refractivity contribution in [2.75, 3.05) is 31.1 Å². The summed E-state index contributed by atoms with van der Waals surface area (Å²) < 4.78 is 0. The van der Waals surface area contributed by atoms with Crippen LogP contribution in [-0.4, -0.2) is 48.0 Å². The molecule has 25 heavy (non-hydrogen) atoms. The number of nitrogens with one attached hydrogen (secondary N) is 1. The number of aromatic nitrogens is 1. The molecule has 0 bridgehead atoms. The van der Waals surface area contributed by atoms with Gasteiger partial charge in [0.25, 0.3) is 0 Å². The lowest BCUT2D eigenvalue weighted by atomic mass is 10.1. The molecule has 5 heteroatoms. The molecule has 1 atom stereocenters. The van der Waals surface area contributed by atoms with Gasteiger partial charge in [0.2, 0.25) is 5.91 Å². The molecule has 1 amide bonds. The van der Waals surface area contributed by atoms with Crippen molar-refractivity contribution in [2.45, 2.75) is 26.4 Å². The number of carbonyl (C=O) groups excluding carboxylic acids is 1. The molecule has 1 aromatic carbocycles. The van der Waals surface area contributed by atoms with Crippen LogP contribution in [0.15, 0.2) is 48.8 Å². The Bertz CT molecular complexity index is 696. The Balaban J connectivity index is 1.50. The van der Waals surface area contributed by atoms with Gasteiger partial charge < -0.3 is 10.2 Å². The topological polar surface area (TPSA) is 48.5 Å². The minimum absolute atomic E-state index is 0.0770. The third kappa shape index (κ3) is 4.37. The maximum atomic E-state index is 12.4. The lowest BCUT2D eigenvalue weighted by Gasteiger charge is -2.39. The van der Waals surface area contributed by atoms with Crippen LogP contribution in [0.5, 0.6) is 0 Å². The molecule has 1 aliphatic rings. The molecule has 1 fully saturated rings. The summed E-state index contributed by atoms with van der Waals surface area (Å²) in [6.07, 6.45) is 3.52. The normalized spacial score (nSPS) is 16.5. The molecule has 2 heterocycles. The van der Waals surface area contributed by atoms with Crippen molar-refractivity contribution in [2.24, 2.45) is 0 Å². The van der Waals surface area contributed by atoms with E-state index in [1.807, 2.05) is 19.1 Å². The number of anilines is 1. The van der Waals surface area contributed by atoms with Gasteiger partial charge in [-0.15, -0.1) is 0 Å². The number of carbonyl (C=O) groups is 1. The first-order valence-electron chi connectivity index (χ1n) is 8.86. The molecule has 1 aromatic heterocycles. The summed E-state index contributed by atoms with van der Waals surface area (Å²) in [7, 11) is 0. The number of aryl methyl sites for hydroxylation is 1. The summed E-state index contributed by atoms with van der Waals surface area (Å²) in [4.78, 5) is 21.2. The molecule has 0 radical (unpaired) electrons. The minimum atomic E-state index is -0.115. The molecule has 1 saturated heterocycles. The van der Waals surface area contributed by atoms with Crippen LogP contribution in [0.2, 0.25) is 0 Å². The van der Waals surface area contributed by atoms with Crippen LogP contribution in [0.3, 0.4) is 0 Å². The SMILES string of the molecule is Cc1ccccc1N1CCN(C(C)C(=O)NCc2cccnc2)CC1. The number of piperazine rings is 1. The van der Waals surface area contributed by atoms with Crippen LogP contribution in [0.25, 0.3) is 0 Å². The summed E-state index contributed by atoms with van der Waals surface area (Å²) >= 11 is 0. The molecule has 0 aliphatic carbocycles. The van der Waals surface area contributed by atoms with E-state index >= 15 is 0 Å². The highest BCUT2D eigenvalue weighted by Gasteiger charge is 2.25. The highest BCUT2D eigenvalue weighted by Crippen LogP contribution is 2.21. The molecular formula is C20H26N4O. The van der Waals surface area contributed by atoms with Crippen molar-refractivity contribution in [1.29, 1.82) is 0 Å². The van der Waals surface area contributed by atoms with Gasteiger partial charge in [-0.3, -0.25) is 14.7 Å². The van der Waals surface area contributed by atoms with Crippen molar-refractivity contribution in [1.82, 2.24) is 15.2 Å². The molecule has 1 unspecified atom stereocenters.